The van der Waals surface area contributed by atoms with Crippen molar-refractivity contribution in [3.8, 4) is 0 Å². The van der Waals surface area contributed by atoms with Crippen LogP contribution in [0.2, 0.25) is 0 Å². The molecular formula is C8H15N3O2. The molecule has 0 amide bonds. The van der Waals surface area contributed by atoms with E-state index in [0.29, 0.717) is 11.7 Å². The van der Waals surface area contributed by atoms with Gasteiger partial charge in [0.15, 0.2) is 5.82 Å². The normalized spacial score (nSPS) is 13.1. The fourth-order valence-corrected chi connectivity index (χ4v) is 0.916. The maximum atomic E-state index is 8.74. The molecule has 1 rings (SSSR count). The zero-order valence-electron chi connectivity index (χ0n) is 7.73. The predicted octanol–water partition coefficient (Wildman–Crippen LogP) is -0.170. The third kappa shape index (κ3) is 4.00. The Balaban J connectivity index is 2.02. The third-order valence-electron chi connectivity index (χ3n) is 1.74. The molecule has 74 valence electrons. The largest absolute Gasteiger partial charge is 0.396 e. The monoisotopic (exact) mass is 185 g/mol. The maximum absolute atomic E-state index is 8.74. The Morgan fingerprint density at radius 3 is 3.15 bits per heavy atom. The van der Waals surface area contributed by atoms with Crippen molar-refractivity contribution in [1.82, 2.24) is 15.5 Å². The van der Waals surface area contributed by atoms with Crippen LogP contribution in [0.4, 0.5) is 0 Å². The van der Waals surface area contributed by atoms with Gasteiger partial charge < -0.3 is 14.9 Å². The predicted molar refractivity (Wildman–Crippen MR) is 47.1 cm³/mol. The highest BCUT2D eigenvalue weighted by molar-refractivity contribution is 4.78. The van der Waals surface area contributed by atoms with Crippen molar-refractivity contribution in [3.05, 3.63) is 12.2 Å². The van der Waals surface area contributed by atoms with Crippen molar-refractivity contribution in [2.45, 2.75) is 13.3 Å². The minimum atomic E-state index is 0.217. The Kier molecular flexibility index (Phi) is 4.42. The van der Waals surface area contributed by atoms with Gasteiger partial charge in [0.2, 0.25) is 6.39 Å². The van der Waals surface area contributed by atoms with E-state index < -0.39 is 0 Å². The first-order valence-electron chi connectivity index (χ1n) is 4.39. The van der Waals surface area contributed by atoms with Gasteiger partial charge in [-0.2, -0.15) is 4.98 Å². The van der Waals surface area contributed by atoms with Crippen molar-refractivity contribution in [2.75, 3.05) is 19.7 Å². The number of hydrogen-bond acceptors (Lipinski definition) is 5. The van der Waals surface area contributed by atoms with E-state index in [1.807, 2.05) is 6.92 Å². The van der Waals surface area contributed by atoms with Crippen LogP contribution in [0.5, 0.6) is 0 Å². The summed E-state index contributed by atoms with van der Waals surface area (Å²) in [4.78, 5) is 3.89. The summed E-state index contributed by atoms with van der Waals surface area (Å²) in [6.45, 7) is 3.83. The van der Waals surface area contributed by atoms with Gasteiger partial charge in [0.05, 0.1) is 0 Å². The Morgan fingerprint density at radius 2 is 2.54 bits per heavy atom. The Morgan fingerprint density at radius 1 is 1.69 bits per heavy atom. The first kappa shape index (κ1) is 10.1. The maximum Gasteiger partial charge on any atom is 0.213 e. The summed E-state index contributed by atoms with van der Waals surface area (Å²) >= 11 is 0. The summed E-state index contributed by atoms with van der Waals surface area (Å²) in [6, 6.07) is 0. The third-order valence-corrected chi connectivity index (χ3v) is 1.74. The Bertz CT molecular complexity index is 213. The van der Waals surface area contributed by atoms with Crippen LogP contribution in [-0.2, 0) is 6.42 Å². The molecule has 1 aromatic heterocycles. The molecule has 0 aliphatic rings. The molecule has 2 N–H and O–H groups in total. The molecule has 0 saturated carbocycles. The van der Waals surface area contributed by atoms with Gasteiger partial charge in [-0.05, 0) is 12.5 Å². The topological polar surface area (TPSA) is 71.2 Å². The molecule has 0 saturated heterocycles. The minimum absolute atomic E-state index is 0.217. The van der Waals surface area contributed by atoms with Crippen LogP contribution in [0.15, 0.2) is 10.9 Å². The van der Waals surface area contributed by atoms with E-state index in [4.69, 9.17) is 5.11 Å². The molecule has 5 heteroatoms. The number of aliphatic hydroxyl groups is 1. The zero-order valence-corrected chi connectivity index (χ0v) is 7.73. The summed E-state index contributed by atoms with van der Waals surface area (Å²) in [7, 11) is 0. The fraction of sp³-hybridized carbons (Fsp3) is 0.750. The number of rotatable bonds is 6. The molecule has 0 bridgehead atoms. The van der Waals surface area contributed by atoms with Crippen LogP contribution >= 0.6 is 0 Å². The summed E-state index contributed by atoms with van der Waals surface area (Å²) in [5.74, 6) is 1.01. The number of nitrogens with zero attached hydrogens (tertiary/aromatic N) is 2. The lowest BCUT2D eigenvalue weighted by molar-refractivity contribution is 0.234. The van der Waals surface area contributed by atoms with E-state index in [2.05, 4.69) is 20.0 Å². The van der Waals surface area contributed by atoms with Crippen LogP contribution in [-0.4, -0.2) is 34.9 Å². The summed E-state index contributed by atoms with van der Waals surface area (Å²) in [5.41, 5.74) is 0. The van der Waals surface area contributed by atoms with Gasteiger partial charge in [-0.25, -0.2) is 0 Å². The van der Waals surface area contributed by atoms with E-state index in [1.165, 1.54) is 6.39 Å². The Labute approximate surface area is 77.2 Å². The average Bonchev–Trinajstić information content (AvgIpc) is 2.64. The first-order valence-corrected chi connectivity index (χ1v) is 4.39. The van der Waals surface area contributed by atoms with Crippen LogP contribution in [0.3, 0.4) is 0 Å². The second kappa shape index (κ2) is 5.66. The number of nitrogens with one attached hydrogen (secondary N) is 1. The van der Waals surface area contributed by atoms with E-state index in [1.54, 1.807) is 0 Å². The molecule has 0 aliphatic carbocycles. The lowest BCUT2D eigenvalue weighted by Crippen LogP contribution is -2.25. The fourth-order valence-electron chi connectivity index (χ4n) is 0.916. The molecule has 0 aromatic carbocycles. The molecule has 1 unspecified atom stereocenters. The first-order chi connectivity index (χ1) is 6.33. The van der Waals surface area contributed by atoms with Gasteiger partial charge in [0.25, 0.3) is 0 Å². The summed E-state index contributed by atoms with van der Waals surface area (Å²) in [6.07, 6.45) is 2.08. The van der Waals surface area contributed by atoms with E-state index in [9.17, 15) is 0 Å². The van der Waals surface area contributed by atoms with Gasteiger partial charge in [-0.3, -0.25) is 0 Å². The van der Waals surface area contributed by atoms with Gasteiger partial charge in [0.1, 0.15) is 0 Å². The zero-order chi connectivity index (χ0) is 9.52. The summed E-state index contributed by atoms with van der Waals surface area (Å²) in [5, 5.41) is 15.6. The highest BCUT2D eigenvalue weighted by Gasteiger charge is 2.00. The molecular weight excluding hydrogens is 170 g/mol. The summed E-state index contributed by atoms with van der Waals surface area (Å²) < 4.78 is 4.58. The molecule has 0 radical (unpaired) electrons. The molecule has 5 nitrogen and oxygen atoms in total. The number of aliphatic hydroxyl groups excluding tert-OH is 1. The molecule has 0 aliphatic heterocycles. The van der Waals surface area contributed by atoms with Crippen LogP contribution in [0.25, 0.3) is 0 Å². The second-order valence-electron chi connectivity index (χ2n) is 3.09. The van der Waals surface area contributed by atoms with Crippen LogP contribution < -0.4 is 5.32 Å². The average molecular weight is 185 g/mol. The van der Waals surface area contributed by atoms with Gasteiger partial charge in [-0.15, -0.1) is 0 Å². The lowest BCUT2D eigenvalue weighted by Gasteiger charge is -2.07. The SMILES string of the molecule is CC(CO)CNCCc1ncon1. The minimum Gasteiger partial charge on any atom is -0.396 e. The van der Waals surface area contributed by atoms with Crippen LogP contribution in [0.1, 0.15) is 12.7 Å². The van der Waals surface area contributed by atoms with Gasteiger partial charge >= 0.3 is 0 Å². The quantitative estimate of drug-likeness (QED) is 0.602. The van der Waals surface area contributed by atoms with Gasteiger partial charge in [0, 0.05) is 19.6 Å². The molecule has 13 heavy (non-hydrogen) atoms. The second-order valence-corrected chi connectivity index (χ2v) is 3.09. The highest BCUT2D eigenvalue weighted by Crippen LogP contribution is 1.90. The number of hydrogen-bond donors (Lipinski definition) is 2. The van der Waals surface area contributed by atoms with Crippen molar-refractivity contribution in [2.24, 2.45) is 5.92 Å². The molecule has 1 heterocycles. The molecule has 0 spiro atoms. The van der Waals surface area contributed by atoms with Gasteiger partial charge in [-0.1, -0.05) is 12.1 Å². The molecule has 1 atom stereocenters. The van der Waals surface area contributed by atoms with Crippen LogP contribution in [0, 0.1) is 5.92 Å². The smallest absolute Gasteiger partial charge is 0.213 e. The standard InChI is InChI=1S/C8H15N3O2/c1-7(5-12)4-9-3-2-8-10-6-13-11-8/h6-7,9,12H,2-5H2,1H3. The molecule has 1 aromatic rings. The number of aromatic nitrogens is 2. The molecule has 0 fully saturated rings. The van der Waals surface area contributed by atoms with E-state index in [-0.39, 0.29) is 6.61 Å². The van der Waals surface area contributed by atoms with Crippen molar-refractivity contribution in [3.63, 3.8) is 0 Å². The lowest BCUT2D eigenvalue weighted by atomic mass is 10.2. The van der Waals surface area contributed by atoms with E-state index in [0.717, 1.165) is 19.5 Å². The van der Waals surface area contributed by atoms with Crippen molar-refractivity contribution < 1.29 is 9.63 Å². The van der Waals surface area contributed by atoms with E-state index >= 15 is 0 Å². The Hall–Kier alpha value is -0.940. The highest BCUT2D eigenvalue weighted by atomic mass is 16.5. The van der Waals surface area contributed by atoms with Crippen molar-refractivity contribution >= 4 is 0 Å². The van der Waals surface area contributed by atoms with Crippen molar-refractivity contribution in [1.29, 1.82) is 0 Å².